The molecule has 0 aliphatic carbocycles. The highest BCUT2D eigenvalue weighted by Gasteiger charge is 2.22. The van der Waals surface area contributed by atoms with E-state index in [2.05, 4.69) is 16.0 Å². The Hall–Kier alpha value is -1.88. The van der Waals surface area contributed by atoms with Crippen LogP contribution in [0.1, 0.15) is 23.2 Å². The summed E-state index contributed by atoms with van der Waals surface area (Å²) >= 11 is 0. The maximum absolute atomic E-state index is 12.2. The molecule has 102 valence electrons. The molecule has 1 heterocycles. The van der Waals surface area contributed by atoms with E-state index in [0.29, 0.717) is 11.3 Å². The summed E-state index contributed by atoms with van der Waals surface area (Å²) in [5, 5.41) is 8.67. The molecule has 19 heavy (non-hydrogen) atoms. The van der Waals surface area contributed by atoms with Crippen molar-refractivity contribution in [3.63, 3.8) is 0 Å². The highest BCUT2D eigenvalue weighted by molar-refractivity contribution is 6.04. The lowest BCUT2D eigenvalue weighted by molar-refractivity contribution is -0.120. The van der Waals surface area contributed by atoms with Crippen molar-refractivity contribution in [2.24, 2.45) is 5.92 Å². The molecule has 0 radical (unpaired) electrons. The van der Waals surface area contributed by atoms with E-state index < -0.39 is 0 Å². The van der Waals surface area contributed by atoms with Crippen LogP contribution in [0.25, 0.3) is 0 Å². The summed E-state index contributed by atoms with van der Waals surface area (Å²) in [5.41, 5.74) is 1.07. The van der Waals surface area contributed by atoms with Gasteiger partial charge in [-0.25, -0.2) is 0 Å². The predicted molar refractivity (Wildman–Crippen MR) is 74.1 cm³/mol. The second-order valence-corrected chi connectivity index (χ2v) is 4.64. The Morgan fingerprint density at radius 2 is 1.89 bits per heavy atom. The number of piperidine rings is 1. The summed E-state index contributed by atoms with van der Waals surface area (Å²) in [6.07, 6.45) is 1.68. The van der Waals surface area contributed by atoms with Gasteiger partial charge in [0.1, 0.15) is 0 Å². The number of benzene rings is 1. The van der Waals surface area contributed by atoms with Gasteiger partial charge in [0.25, 0.3) is 5.91 Å². The fourth-order valence-electron chi connectivity index (χ4n) is 2.24. The molecule has 0 atom stereocenters. The zero-order valence-corrected chi connectivity index (χ0v) is 11.0. The second-order valence-electron chi connectivity index (χ2n) is 4.64. The lowest BCUT2D eigenvalue weighted by atomic mass is 9.97. The third-order valence-corrected chi connectivity index (χ3v) is 3.37. The number of hydrogen-bond acceptors (Lipinski definition) is 3. The van der Waals surface area contributed by atoms with Gasteiger partial charge < -0.3 is 16.0 Å². The molecule has 1 saturated heterocycles. The van der Waals surface area contributed by atoms with Gasteiger partial charge in [-0.3, -0.25) is 9.59 Å². The summed E-state index contributed by atoms with van der Waals surface area (Å²) in [6, 6.07) is 7.05. The fourth-order valence-corrected chi connectivity index (χ4v) is 2.24. The zero-order valence-electron chi connectivity index (χ0n) is 11.0. The molecule has 0 spiro atoms. The minimum Gasteiger partial charge on any atom is -0.355 e. The minimum atomic E-state index is -0.193. The van der Waals surface area contributed by atoms with Crippen LogP contribution in [0.4, 0.5) is 5.69 Å². The number of carbonyl (C=O) groups excluding carboxylic acids is 2. The fraction of sp³-hybridized carbons (Fsp3) is 0.429. The monoisotopic (exact) mass is 261 g/mol. The average Bonchev–Trinajstić information content (AvgIpc) is 2.48. The molecule has 3 N–H and O–H groups in total. The van der Waals surface area contributed by atoms with E-state index in [4.69, 9.17) is 0 Å². The van der Waals surface area contributed by atoms with Crippen LogP contribution in [0.5, 0.6) is 0 Å². The van der Waals surface area contributed by atoms with E-state index in [9.17, 15) is 9.59 Å². The Balaban J connectivity index is 2.09. The number of nitrogens with one attached hydrogen (secondary N) is 3. The van der Waals surface area contributed by atoms with E-state index in [-0.39, 0.29) is 17.7 Å². The summed E-state index contributed by atoms with van der Waals surface area (Å²) in [7, 11) is 1.58. The number of rotatable bonds is 3. The normalized spacial score (nSPS) is 15.8. The van der Waals surface area contributed by atoms with E-state index in [0.717, 1.165) is 25.9 Å². The zero-order chi connectivity index (χ0) is 13.7. The van der Waals surface area contributed by atoms with Crippen molar-refractivity contribution >= 4 is 17.5 Å². The molecule has 1 aliphatic heterocycles. The average molecular weight is 261 g/mol. The Morgan fingerprint density at radius 1 is 1.21 bits per heavy atom. The van der Waals surface area contributed by atoms with Crippen molar-refractivity contribution in [3.8, 4) is 0 Å². The maximum Gasteiger partial charge on any atom is 0.253 e. The Labute approximate surface area is 112 Å². The standard InChI is InChI=1S/C14H19N3O2/c1-15-14(19)11-4-2-3-5-12(11)17-13(18)10-6-8-16-9-7-10/h2-5,10,16H,6-9H2,1H3,(H,15,19)(H,17,18). The number of amides is 2. The molecule has 0 bridgehead atoms. The molecule has 1 aromatic carbocycles. The molecular weight excluding hydrogens is 242 g/mol. The molecule has 2 amide bonds. The topological polar surface area (TPSA) is 70.2 Å². The van der Waals surface area contributed by atoms with Gasteiger partial charge in [-0.05, 0) is 38.1 Å². The first-order valence-corrected chi connectivity index (χ1v) is 6.55. The lowest BCUT2D eigenvalue weighted by Crippen LogP contribution is -2.35. The molecular formula is C14H19N3O2. The number of carbonyl (C=O) groups is 2. The molecule has 0 saturated carbocycles. The van der Waals surface area contributed by atoms with E-state index in [1.165, 1.54) is 0 Å². The second kappa shape index (κ2) is 6.33. The number of anilines is 1. The molecule has 1 aliphatic rings. The van der Waals surface area contributed by atoms with Crippen LogP contribution >= 0.6 is 0 Å². The van der Waals surface area contributed by atoms with E-state index in [1.807, 2.05) is 6.07 Å². The van der Waals surface area contributed by atoms with Crippen LogP contribution in [0.2, 0.25) is 0 Å². The first-order valence-electron chi connectivity index (χ1n) is 6.55. The molecule has 2 rings (SSSR count). The van der Waals surface area contributed by atoms with Gasteiger partial charge in [0.2, 0.25) is 5.91 Å². The third-order valence-electron chi connectivity index (χ3n) is 3.37. The van der Waals surface area contributed by atoms with Gasteiger partial charge in [0.05, 0.1) is 11.3 Å². The first kappa shape index (κ1) is 13.5. The lowest BCUT2D eigenvalue weighted by Gasteiger charge is -2.22. The SMILES string of the molecule is CNC(=O)c1ccccc1NC(=O)C1CCNCC1. The molecule has 0 aromatic heterocycles. The van der Waals surface area contributed by atoms with Crippen LogP contribution in [0.15, 0.2) is 24.3 Å². The summed E-state index contributed by atoms with van der Waals surface area (Å²) < 4.78 is 0. The van der Waals surface area contributed by atoms with Crippen molar-refractivity contribution < 1.29 is 9.59 Å². The Bertz CT molecular complexity index is 468. The maximum atomic E-state index is 12.2. The van der Waals surface area contributed by atoms with Gasteiger partial charge >= 0.3 is 0 Å². The predicted octanol–water partition coefficient (Wildman–Crippen LogP) is 0.984. The highest BCUT2D eigenvalue weighted by atomic mass is 16.2. The molecule has 5 nitrogen and oxygen atoms in total. The quantitative estimate of drug-likeness (QED) is 0.759. The molecule has 0 unspecified atom stereocenters. The molecule has 1 fully saturated rings. The van der Waals surface area contributed by atoms with Gasteiger partial charge in [-0.1, -0.05) is 12.1 Å². The van der Waals surface area contributed by atoms with Crippen molar-refractivity contribution in [1.29, 1.82) is 0 Å². The smallest absolute Gasteiger partial charge is 0.253 e. The van der Waals surface area contributed by atoms with Crippen LogP contribution in [-0.4, -0.2) is 32.0 Å². The van der Waals surface area contributed by atoms with E-state index in [1.54, 1.807) is 25.2 Å². The largest absolute Gasteiger partial charge is 0.355 e. The Morgan fingerprint density at radius 3 is 2.58 bits per heavy atom. The molecule has 1 aromatic rings. The number of para-hydroxylation sites is 1. The first-order chi connectivity index (χ1) is 9.22. The molecule has 5 heteroatoms. The number of hydrogen-bond donors (Lipinski definition) is 3. The van der Waals surface area contributed by atoms with Crippen molar-refractivity contribution in [3.05, 3.63) is 29.8 Å². The third kappa shape index (κ3) is 3.32. The highest BCUT2D eigenvalue weighted by Crippen LogP contribution is 2.19. The van der Waals surface area contributed by atoms with Gasteiger partial charge in [0.15, 0.2) is 0 Å². The summed E-state index contributed by atoms with van der Waals surface area (Å²) in [6.45, 7) is 1.74. The van der Waals surface area contributed by atoms with Gasteiger partial charge in [-0.2, -0.15) is 0 Å². The minimum absolute atomic E-state index is 0.00199. The summed E-state index contributed by atoms with van der Waals surface area (Å²) in [4.78, 5) is 23.9. The van der Waals surface area contributed by atoms with Crippen LogP contribution < -0.4 is 16.0 Å². The van der Waals surface area contributed by atoms with Crippen LogP contribution in [-0.2, 0) is 4.79 Å². The Kier molecular flexibility index (Phi) is 4.52. The van der Waals surface area contributed by atoms with E-state index >= 15 is 0 Å². The van der Waals surface area contributed by atoms with Crippen molar-refractivity contribution in [1.82, 2.24) is 10.6 Å². The van der Waals surface area contributed by atoms with Crippen LogP contribution in [0.3, 0.4) is 0 Å². The van der Waals surface area contributed by atoms with Gasteiger partial charge in [0, 0.05) is 13.0 Å². The van der Waals surface area contributed by atoms with Gasteiger partial charge in [-0.15, -0.1) is 0 Å². The van der Waals surface area contributed by atoms with Crippen molar-refractivity contribution in [2.75, 3.05) is 25.5 Å². The van der Waals surface area contributed by atoms with Crippen molar-refractivity contribution in [2.45, 2.75) is 12.8 Å². The van der Waals surface area contributed by atoms with Crippen LogP contribution in [0, 0.1) is 5.92 Å². The summed E-state index contributed by atoms with van der Waals surface area (Å²) in [5.74, 6) is -0.168.